The maximum atomic E-state index is 5.08. The molecule has 0 aliphatic carbocycles. The summed E-state index contributed by atoms with van der Waals surface area (Å²) >= 11 is 3.36. The number of hydrogen-bond acceptors (Lipinski definition) is 1. The van der Waals surface area contributed by atoms with Gasteiger partial charge in [0.05, 0.1) is 0 Å². The van der Waals surface area contributed by atoms with Crippen LogP contribution in [-0.2, 0) is 4.74 Å². The number of rotatable bonds is 6. The van der Waals surface area contributed by atoms with E-state index in [-0.39, 0.29) is 0 Å². The Hall–Kier alpha value is 0. The molecular weight excluding hydrogens is 192 g/mol. The summed E-state index contributed by atoms with van der Waals surface area (Å²) < 4.78 is 5.08. The van der Waals surface area contributed by atoms with Crippen molar-refractivity contribution >= 4 is 15.9 Å². The van der Waals surface area contributed by atoms with Crippen LogP contribution in [0.5, 0.6) is 0 Å². The number of terminal acetylenes is 1. The zero-order chi connectivity index (χ0) is 7.66. The first-order chi connectivity index (χ1) is 4.91. The standard InChI is InChI=1S/C8H13BrO/c1-2-7-10-8-5-3-4-6-9/h1H,3-8H2. The van der Waals surface area contributed by atoms with Gasteiger partial charge < -0.3 is 4.74 Å². The number of hydrogen-bond donors (Lipinski definition) is 0. The van der Waals surface area contributed by atoms with Crippen LogP contribution in [0.2, 0.25) is 0 Å². The second-order valence-electron chi connectivity index (χ2n) is 2.01. The Kier molecular flexibility index (Phi) is 9.00. The first kappa shape index (κ1) is 10.0. The number of ether oxygens (including phenoxy) is 1. The average Bonchev–Trinajstić information content (AvgIpc) is 1.97. The summed E-state index contributed by atoms with van der Waals surface area (Å²) in [4.78, 5) is 0. The van der Waals surface area contributed by atoms with Crippen LogP contribution in [0.15, 0.2) is 0 Å². The van der Waals surface area contributed by atoms with Gasteiger partial charge in [-0.15, -0.1) is 6.42 Å². The molecule has 2 heteroatoms. The Morgan fingerprint density at radius 1 is 1.30 bits per heavy atom. The highest BCUT2D eigenvalue weighted by molar-refractivity contribution is 9.09. The zero-order valence-electron chi connectivity index (χ0n) is 6.11. The Morgan fingerprint density at radius 2 is 2.10 bits per heavy atom. The first-order valence-corrected chi connectivity index (χ1v) is 4.61. The van der Waals surface area contributed by atoms with E-state index in [4.69, 9.17) is 11.2 Å². The molecule has 10 heavy (non-hydrogen) atoms. The van der Waals surface area contributed by atoms with Crippen LogP contribution in [0.3, 0.4) is 0 Å². The molecule has 0 spiro atoms. The molecule has 0 aliphatic rings. The number of unbranched alkanes of at least 4 members (excludes halogenated alkanes) is 2. The van der Waals surface area contributed by atoms with Crippen molar-refractivity contribution in [2.75, 3.05) is 18.5 Å². The monoisotopic (exact) mass is 204 g/mol. The minimum atomic E-state index is 0.453. The van der Waals surface area contributed by atoms with Gasteiger partial charge in [0.25, 0.3) is 0 Å². The van der Waals surface area contributed by atoms with Gasteiger partial charge in [0, 0.05) is 11.9 Å². The van der Waals surface area contributed by atoms with Crippen LogP contribution in [0.25, 0.3) is 0 Å². The van der Waals surface area contributed by atoms with Gasteiger partial charge in [-0.25, -0.2) is 0 Å². The largest absolute Gasteiger partial charge is 0.369 e. The van der Waals surface area contributed by atoms with Crippen LogP contribution < -0.4 is 0 Å². The van der Waals surface area contributed by atoms with E-state index in [0.717, 1.165) is 18.4 Å². The molecule has 0 rings (SSSR count). The van der Waals surface area contributed by atoms with Gasteiger partial charge >= 0.3 is 0 Å². The lowest BCUT2D eigenvalue weighted by atomic mass is 10.3. The third-order valence-electron chi connectivity index (χ3n) is 1.11. The summed E-state index contributed by atoms with van der Waals surface area (Å²) in [7, 11) is 0. The van der Waals surface area contributed by atoms with Crippen molar-refractivity contribution in [3.63, 3.8) is 0 Å². The van der Waals surface area contributed by atoms with E-state index in [1.165, 1.54) is 12.8 Å². The smallest absolute Gasteiger partial charge is 0.107 e. The van der Waals surface area contributed by atoms with Gasteiger partial charge in [-0.2, -0.15) is 0 Å². The van der Waals surface area contributed by atoms with Gasteiger partial charge in [0.15, 0.2) is 0 Å². The van der Waals surface area contributed by atoms with Crippen LogP contribution in [-0.4, -0.2) is 18.5 Å². The topological polar surface area (TPSA) is 9.23 Å². The van der Waals surface area contributed by atoms with Crippen LogP contribution in [0.1, 0.15) is 19.3 Å². The fourth-order valence-corrected chi connectivity index (χ4v) is 1.00. The quantitative estimate of drug-likeness (QED) is 0.367. The molecule has 0 atom stereocenters. The zero-order valence-corrected chi connectivity index (χ0v) is 7.69. The third kappa shape index (κ3) is 8.00. The van der Waals surface area contributed by atoms with Gasteiger partial charge in [-0.05, 0) is 12.8 Å². The first-order valence-electron chi connectivity index (χ1n) is 3.49. The summed E-state index contributed by atoms with van der Waals surface area (Å²) in [5.41, 5.74) is 0. The maximum absolute atomic E-state index is 5.08. The lowest BCUT2D eigenvalue weighted by Crippen LogP contribution is -1.94. The minimum absolute atomic E-state index is 0.453. The van der Waals surface area contributed by atoms with Crippen molar-refractivity contribution in [3.8, 4) is 12.3 Å². The molecule has 0 unspecified atom stereocenters. The summed E-state index contributed by atoms with van der Waals surface area (Å²) in [5, 5.41) is 1.09. The molecule has 0 radical (unpaired) electrons. The van der Waals surface area contributed by atoms with E-state index in [1.54, 1.807) is 0 Å². The second-order valence-corrected chi connectivity index (χ2v) is 2.80. The molecule has 0 aliphatic heterocycles. The Bertz CT molecular complexity index is 95.9. The lowest BCUT2D eigenvalue weighted by Gasteiger charge is -1.97. The predicted octanol–water partition coefficient (Wildman–Crippen LogP) is 2.20. The van der Waals surface area contributed by atoms with E-state index < -0.39 is 0 Å². The molecule has 0 bridgehead atoms. The van der Waals surface area contributed by atoms with Gasteiger partial charge in [-0.1, -0.05) is 28.3 Å². The molecular formula is C8H13BrO. The molecule has 0 saturated heterocycles. The highest BCUT2D eigenvalue weighted by atomic mass is 79.9. The summed E-state index contributed by atoms with van der Waals surface area (Å²) in [5.74, 6) is 2.43. The molecule has 0 aromatic heterocycles. The minimum Gasteiger partial charge on any atom is -0.369 e. The molecule has 1 nitrogen and oxygen atoms in total. The highest BCUT2D eigenvalue weighted by Crippen LogP contribution is 1.98. The summed E-state index contributed by atoms with van der Waals surface area (Å²) in [6.07, 6.45) is 8.54. The van der Waals surface area contributed by atoms with Gasteiger partial charge in [0.2, 0.25) is 0 Å². The van der Waals surface area contributed by atoms with Crippen molar-refractivity contribution in [3.05, 3.63) is 0 Å². The molecule has 0 aromatic rings. The van der Waals surface area contributed by atoms with Gasteiger partial charge in [-0.3, -0.25) is 0 Å². The Labute approximate surface area is 71.3 Å². The Morgan fingerprint density at radius 3 is 2.70 bits per heavy atom. The molecule has 0 saturated carbocycles. The lowest BCUT2D eigenvalue weighted by molar-refractivity contribution is 0.162. The Balaban J connectivity index is 2.72. The van der Waals surface area contributed by atoms with Gasteiger partial charge in [0.1, 0.15) is 6.61 Å². The summed E-state index contributed by atoms with van der Waals surface area (Å²) in [6.45, 7) is 1.26. The molecule has 0 amide bonds. The fourth-order valence-electron chi connectivity index (χ4n) is 0.606. The normalized spacial score (nSPS) is 9.20. The van der Waals surface area contributed by atoms with E-state index >= 15 is 0 Å². The third-order valence-corrected chi connectivity index (χ3v) is 1.67. The van der Waals surface area contributed by atoms with Crippen LogP contribution in [0, 0.1) is 12.3 Å². The maximum Gasteiger partial charge on any atom is 0.107 e. The average molecular weight is 205 g/mol. The van der Waals surface area contributed by atoms with Crippen LogP contribution in [0.4, 0.5) is 0 Å². The van der Waals surface area contributed by atoms with E-state index in [2.05, 4.69) is 21.9 Å². The molecule has 0 fully saturated rings. The van der Waals surface area contributed by atoms with Crippen molar-refractivity contribution < 1.29 is 4.74 Å². The SMILES string of the molecule is C#CCOCCCCCBr. The second kappa shape index (κ2) is 9.00. The highest BCUT2D eigenvalue weighted by Gasteiger charge is 1.86. The fraction of sp³-hybridized carbons (Fsp3) is 0.750. The summed E-state index contributed by atoms with van der Waals surface area (Å²) in [6, 6.07) is 0. The number of halogens is 1. The van der Waals surface area contributed by atoms with Crippen molar-refractivity contribution in [2.24, 2.45) is 0 Å². The molecule has 58 valence electrons. The van der Waals surface area contributed by atoms with E-state index in [1.807, 2.05) is 0 Å². The van der Waals surface area contributed by atoms with Crippen molar-refractivity contribution in [1.29, 1.82) is 0 Å². The number of alkyl halides is 1. The van der Waals surface area contributed by atoms with Crippen molar-refractivity contribution in [2.45, 2.75) is 19.3 Å². The van der Waals surface area contributed by atoms with Crippen molar-refractivity contribution in [1.82, 2.24) is 0 Å². The van der Waals surface area contributed by atoms with E-state index in [9.17, 15) is 0 Å². The van der Waals surface area contributed by atoms with E-state index in [0.29, 0.717) is 6.61 Å². The molecule has 0 aromatic carbocycles. The van der Waals surface area contributed by atoms with Crippen LogP contribution >= 0.6 is 15.9 Å². The molecule has 0 heterocycles. The predicted molar refractivity (Wildman–Crippen MR) is 47.3 cm³/mol. The molecule has 0 N–H and O–H groups in total.